The van der Waals surface area contributed by atoms with Crippen LogP contribution in [-0.4, -0.2) is 17.9 Å². The molecular weight excluding hydrogens is 157 g/mol. The van der Waals surface area contributed by atoms with Gasteiger partial charge >= 0.3 is 6.18 Å². The first-order chi connectivity index (χ1) is 5.01. The third kappa shape index (κ3) is 2.69. The minimum atomic E-state index is -4.02. The highest BCUT2D eigenvalue weighted by molar-refractivity contribution is 4.80. The molecule has 0 spiro atoms. The van der Waals surface area contributed by atoms with E-state index in [1.165, 1.54) is 0 Å². The number of halogens is 3. The number of hydrogen-bond acceptors (Lipinski definition) is 1. The maximum absolute atomic E-state index is 11.7. The minimum Gasteiger partial charge on any atom is -0.396 e. The zero-order valence-corrected chi connectivity index (χ0v) is 6.06. The number of aliphatic hydroxyl groups excluding tert-OH is 1. The van der Waals surface area contributed by atoms with Crippen LogP contribution in [0.2, 0.25) is 0 Å². The van der Waals surface area contributed by atoms with Crippen LogP contribution in [0.15, 0.2) is 0 Å². The Morgan fingerprint density at radius 1 is 1.18 bits per heavy atom. The third-order valence-electron chi connectivity index (χ3n) is 2.11. The smallest absolute Gasteiger partial charge is 0.389 e. The fourth-order valence-corrected chi connectivity index (χ4v) is 1.52. The van der Waals surface area contributed by atoms with E-state index in [4.69, 9.17) is 5.11 Å². The molecule has 1 rings (SSSR count). The Hall–Kier alpha value is -0.250. The maximum Gasteiger partial charge on any atom is 0.389 e. The van der Waals surface area contributed by atoms with Crippen molar-refractivity contribution in [3.05, 3.63) is 0 Å². The van der Waals surface area contributed by atoms with Crippen LogP contribution in [0, 0.1) is 11.8 Å². The molecule has 1 saturated carbocycles. The summed E-state index contributed by atoms with van der Waals surface area (Å²) in [6.07, 6.45) is -3.62. The molecule has 66 valence electrons. The van der Waals surface area contributed by atoms with Crippen LogP contribution in [0.4, 0.5) is 13.2 Å². The molecule has 0 atom stereocenters. The average Bonchev–Trinajstić information content (AvgIpc) is 1.75. The largest absolute Gasteiger partial charge is 0.396 e. The number of aliphatic hydroxyl groups is 1. The van der Waals surface area contributed by atoms with Crippen molar-refractivity contribution in [1.82, 2.24) is 0 Å². The lowest BCUT2D eigenvalue weighted by molar-refractivity contribution is -0.154. The highest BCUT2D eigenvalue weighted by Crippen LogP contribution is 2.40. The third-order valence-corrected chi connectivity index (χ3v) is 2.11. The first kappa shape index (κ1) is 8.84. The summed E-state index contributed by atoms with van der Waals surface area (Å²) in [7, 11) is 0. The molecule has 1 aliphatic rings. The average molecular weight is 168 g/mol. The molecule has 0 aromatic carbocycles. The molecule has 11 heavy (non-hydrogen) atoms. The molecule has 0 unspecified atom stereocenters. The van der Waals surface area contributed by atoms with Gasteiger partial charge in [-0.15, -0.1) is 0 Å². The normalized spacial score (nSPS) is 31.6. The van der Waals surface area contributed by atoms with E-state index in [0.29, 0.717) is 12.8 Å². The molecule has 1 N–H and O–H groups in total. The van der Waals surface area contributed by atoms with Crippen molar-refractivity contribution in [2.24, 2.45) is 11.8 Å². The molecule has 0 aromatic rings. The first-order valence-electron chi connectivity index (χ1n) is 3.69. The van der Waals surface area contributed by atoms with E-state index in [2.05, 4.69) is 0 Å². The van der Waals surface area contributed by atoms with Gasteiger partial charge in [0, 0.05) is 13.0 Å². The van der Waals surface area contributed by atoms with Crippen molar-refractivity contribution >= 4 is 0 Å². The van der Waals surface area contributed by atoms with Gasteiger partial charge in [0.1, 0.15) is 0 Å². The summed E-state index contributed by atoms with van der Waals surface area (Å²) in [4.78, 5) is 0. The molecule has 0 bridgehead atoms. The van der Waals surface area contributed by atoms with Crippen LogP contribution in [0.25, 0.3) is 0 Å². The van der Waals surface area contributed by atoms with Crippen LogP contribution in [0.5, 0.6) is 0 Å². The fraction of sp³-hybridized carbons (Fsp3) is 1.00. The molecule has 0 aliphatic heterocycles. The Bertz CT molecular complexity index is 126. The number of hydrogen-bond donors (Lipinski definition) is 1. The van der Waals surface area contributed by atoms with Gasteiger partial charge in [0.15, 0.2) is 0 Å². The van der Waals surface area contributed by atoms with Gasteiger partial charge in [-0.3, -0.25) is 0 Å². The topological polar surface area (TPSA) is 20.2 Å². The van der Waals surface area contributed by atoms with Gasteiger partial charge in [0.2, 0.25) is 0 Å². The Kier molecular flexibility index (Phi) is 2.42. The van der Waals surface area contributed by atoms with E-state index >= 15 is 0 Å². The summed E-state index contributed by atoms with van der Waals surface area (Å²) in [5.41, 5.74) is 0. The SMILES string of the molecule is OCC1CC(CC(F)(F)F)C1. The van der Waals surface area contributed by atoms with Gasteiger partial charge in [0.05, 0.1) is 0 Å². The van der Waals surface area contributed by atoms with Gasteiger partial charge in [-0.1, -0.05) is 0 Å². The molecule has 0 amide bonds. The summed E-state index contributed by atoms with van der Waals surface area (Å²) in [6, 6.07) is 0. The van der Waals surface area contributed by atoms with E-state index < -0.39 is 12.6 Å². The highest BCUT2D eigenvalue weighted by Gasteiger charge is 2.38. The lowest BCUT2D eigenvalue weighted by atomic mass is 9.74. The van der Waals surface area contributed by atoms with Crippen LogP contribution in [0.3, 0.4) is 0 Å². The molecule has 0 aromatic heterocycles. The van der Waals surface area contributed by atoms with E-state index in [0.717, 1.165) is 0 Å². The van der Waals surface area contributed by atoms with Crippen LogP contribution in [-0.2, 0) is 0 Å². The van der Waals surface area contributed by atoms with Crippen LogP contribution in [0.1, 0.15) is 19.3 Å². The quantitative estimate of drug-likeness (QED) is 0.668. The molecule has 1 fully saturated rings. The lowest BCUT2D eigenvalue weighted by Crippen LogP contribution is -2.30. The second-order valence-corrected chi connectivity index (χ2v) is 3.21. The molecule has 0 radical (unpaired) electrons. The summed E-state index contributed by atoms with van der Waals surface area (Å²) in [6.45, 7) is 0.0361. The van der Waals surface area contributed by atoms with Gasteiger partial charge in [0.25, 0.3) is 0 Å². The Balaban J connectivity index is 2.14. The zero-order chi connectivity index (χ0) is 8.48. The monoisotopic (exact) mass is 168 g/mol. The summed E-state index contributed by atoms with van der Waals surface area (Å²) >= 11 is 0. The fourth-order valence-electron chi connectivity index (χ4n) is 1.52. The Morgan fingerprint density at radius 2 is 1.73 bits per heavy atom. The molecule has 1 aliphatic carbocycles. The van der Waals surface area contributed by atoms with Crippen molar-refractivity contribution < 1.29 is 18.3 Å². The van der Waals surface area contributed by atoms with Crippen molar-refractivity contribution in [3.8, 4) is 0 Å². The summed E-state index contributed by atoms with van der Waals surface area (Å²) in [5, 5.41) is 8.52. The summed E-state index contributed by atoms with van der Waals surface area (Å²) < 4.78 is 35.1. The zero-order valence-electron chi connectivity index (χ0n) is 6.06. The van der Waals surface area contributed by atoms with E-state index in [9.17, 15) is 13.2 Å². The molecule has 0 heterocycles. The van der Waals surface area contributed by atoms with Gasteiger partial charge in [-0.05, 0) is 24.7 Å². The van der Waals surface area contributed by atoms with Gasteiger partial charge in [-0.2, -0.15) is 13.2 Å². The van der Waals surface area contributed by atoms with Crippen LogP contribution < -0.4 is 0 Å². The Labute approximate surface area is 63.2 Å². The molecule has 0 saturated heterocycles. The molecule has 4 heteroatoms. The predicted octanol–water partition coefficient (Wildman–Crippen LogP) is 1.96. The molecular formula is C7H11F3O. The second-order valence-electron chi connectivity index (χ2n) is 3.21. The van der Waals surface area contributed by atoms with Gasteiger partial charge < -0.3 is 5.11 Å². The first-order valence-corrected chi connectivity index (χ1v) is 3.69. The number of rotatable bonds is 2. The van der Waals surface area contributed by atoms with E-state index in [1.54, 1.807) is 0 Å². The van der Waals surface area contributed by atoms with E-state index in [-0.39, 0.29) is 18.4 Å². The van der Waals surface area contributed by atoms with Crippen molar-refractivity contribution in [3.63, 3.8) is 0 Å². The van der Waals surface area contributed by atoms with Crippen molar-refractivity contribution in [1.29, 1.82) is 0 Å². The predicted molar refractivity (Wildman–Crippen MR) is 34.0 cm³/mol. The van der Waals surface area contributed by atoms with Crippen LogP contribution >= 0.6 is 0 Å². The van der Waals surface area contributed by atoms with Crippen molar-refractivity contribution in [2.45, 2.75) is 25.4 Å². The maximum atomic E-state index is 11.7. The highest BCUT2D eigenvalue weighted by atomic mass is 19.4. The van der Waals surface area contributed by atoms with Crippen molar-refractivity contribution in [2.75, 3.05) is 6.61 Å². The lowest BCUT2D eigenvalue weighted by Gasteiger charge is -2.34. The molecule has 1 nitrogen and oxygen atoms in total. The second kappa shape index (κ2) is 3.01. The van der Waals surface area contributed by atoms with Gasteiger partial charge in [-0.25, -0.2) is 0 Å². The summed E-state index contributed by atoms with van der Waals surface area (Å²) in [5.74, 6) is -0.102. The standard InChI is InChI=1S/C7H11F3O/c8-7(9,10)3-5-1-6(2-5)4-11/h5-6,11H,1-4H2. The van der Waals surface area contributed by atoms with E-state index in [1.807, 2.05) is 0 Å². The minimum absolute atomic E-state index is 0.0361. The Morgan fingerprint density at radius 3 is 2.09 bits per heavy atom. The number of alkyl halides is 3.